The first-order valence-corrected chi connectivity index (χ1v) is 5.60. The van der Waals surface area contributed by atoms with E-state index in [9.17, 15) is 0 Å². The van der Waals surface area contributed by atoms with Crippen LogP contribution in [0.4, 0.5) is 0 Å². The van der Waals surface area contributed by atoms with Crippen LogP contribution in [0, 0.1) is 0 Å². The van der Waals surface area contributed by atoms with Crippen molar-refractivity contribution in [3.05, 3.63) is 41.7 Å². The molecule has 0 atom stereocenters. The van der Waals surface area contributed by atoms with Crippen LogP contribution in [0.15, 0.2) is 34.8 Å². The van der Waals surface area contributed by atoms with Gasteiger partial charge in [0.05, 0.1) is 0 Å². The fourth-order valence-corrected chi connectivity index (χ4v) is 2.39. The molecule has 2 aromatic rings. The molecule has 0 spiro atoms. The largest absolute Gasteiger partial charge is 0.456 e. The van der Waals surface area contributed by atoms with Crippen molar-refractivity contribution in [2.24, 2.45) is 0 Å². The van der Waals surface area contributed by atoms with Gasteiger partial charge in [-0.05, 0) is 30.9 Å². The van der Waals surface area contributed by atoms with Crippen LogP contribution < -0.4 is 0 Å². The molecule has 1 aromatic carbocycles. The van der Waals surface area contributed by atoms with Crippen LogP contribution in [0.1, 0.15) is 31.1 Å². The van der Waals surface area contributed by atoms with Gasteiger partial charge in [0.15, 0.2) is 0 Å². The number of hydrogen-bond donors (Lipinski definition) is 0. The van der Waals surface area contributed by atoms with Gasteiger partial charge in [0.2, 0.25) is 0 Å². The molecule has 0 fully saturated rings. The van der Waals surface area contributed by atoms with Gasteiger partial charge >= 0.3 is 0 Å². The van der Waals surface area contributed by atoms with Crippen LogP contribution in [0.3, 0.4) is 0 Å². The highest BCUT2D eigenvalue weighted by Crippen LogP contribution is 2.36. The molecule has 1 aliphatic rings. The van der Waals surface area contributed by atoms with Gasteiger partial charge in [-0.25, -0.2) is 0 Å². The normalized spacial score (nSPS) is 15.1. The minimum atomic E-state index is 1.03. The molecule has 1 nitrogen and oxygen atoms in total. The number of para-hydroxylation sites is 1. The number of rotatable bonds is 1. The van der Waals surface area contributed by atoms with E-state index < -0.39 is 0 Å². The first kappa shape index (κ1) is 8.78. The third-order valence-corrected chi connectivity index (χ3v) is 3.16. The lowest BCUT2D eigenvalue weighted by molar-refractivity contribution is 0.587. The van der Waals surface area contributed by atoms with E-state index in [1.54, 1.807) is 0 Å². The Morgan fingerprint density at radius 2 is 2.13 bits per heavy atom. The molecule has 0 N–H and O–H groups in total. The Morgan fingerprint density at radius 1 is 1.27 bits per heavy atom. The number of allylic oxidation sites excluding steroid dienone is 2. The zero-order valence-corrected chi connectivity index (χ0v) is 8.92. The fourth-order valence-electron chi connectivity index (χ4n) is 2.39. The Balaban J connectivity index is 2.31. The van der Waals surface area contributed by atoms with Gasteiger partial charge < -0.3 is 4.42 Å². The van der Waals surface area contributed by atoms with E-state index in [2.05, 4.69) is 31.2 Å². The quantitative estimate of drug-likeness (QED) is 0.670. The van der Waals surface area contributed by atoms with E-state index in [1.165, 1.54) is 16.5 Å². The molecule has 0 saturated heterocycles. The van der Waals surface area contributed by atoms with E-state index in [1.807, 2.05) is 6.07 Å². The van der Waals surface area contributed by atoms with Gasteiger partial charge in [0.25, 0.3) is 0 Å². The van der Waals surface area contributed by atoms with E-state index in [0.717, 1.165) is 30.6 Å². The van der Waals surface area contributed by atoms with Crippen LogP contribution in [0.25, 0.3) is 16.5 Å². The van der Waals surface area contributed by atoms with E-state index in [4.69, 9.17) is 4.42 Å². The average Bonchev–Trinajstić information content (AvgIpc) is 2.67. The molecule has 0 unspecified atom stereocenters. The van der Waals surface area contributed by atoms with Crippen LogP contribution in [-0.4, -0.2) is 0 Å². The van der Waals surface area contributed by atoms with Crippen LogP contribution in [-0.2, 0) is 6.42 Å². The van der Waals surface area contributed by atoms with Crippen LogP contribution in [0.5, 0.6) is 0 Å². The third-order valence-electron chi connectivity index (χ3n) is 3.16. The van der Waals surface area contributed by atoms with E-state index >= 15 is 0 Å². The van der Waals surface area contributed by atoms with Crippen molar-refractivity contribution in [3.8, 4) is 0 Å². The van der Waals surface area contributed by atoms with Gasteiger partial charge in [0.1, 0.15) is 11.3 Å². The average molecular weight is 198 g/mol. The summed E-state index contributed by atoms with van der Waals surface area (Å²) in [7, 11) is 0. The second kappa shape index (κ2) is 3.27. The SMILES string of the molecule is CCC1=CCCc2c1oc1ccccc21. The van der Waals surface area contributed by atoms with Crippen molar-refractivity contribution in [1.82, 2.24) is 0 Å². The number of fused-ring (bicyclic) bond motifs is 3. The first-order chi connectivity index (χ1) is 7.40. The van der Waals surface area contributed by atoms with Gasteiger partial charge in [-0.2, -0.15) is 0 Å². The summed E-state index contributed by atoms with van der Waals surface area (Å²) in [6, 6.07) is 8.34. The van der Waals surface area contributed by atoms with Crippen LogP contribution >= 0.6 is 0 Å². The monoisotopic (exact) mass is 198 g/mol. The summed E-state index contributed by atoms with van der Waals surface area (Å²) >= 11 is 0. The molecule has 0 amide bonds. The second-order valence-corrected chi connectivity index (χ2v) is 4.03. The highest BCUT2D eigenvalue weighted by atomic mass is 16.3. The number of furan rings is 1. The van der Waals surface area contributed by atoms with Crippen molar-refractivity contribution in [2.45, 2.75) is 26.2 Å². The standard InChI is InChI=1S/C14H14O/c1-2-10-6-5-8-12-11-7-3-4-9-13(11)15-14(10)12/h3-4,6-7,9H,2,5,8H2,1H3. The summed E-state index contributed by atoms with van der Waals surface area (Å²) in [4.78, 5) is 0. The summed E-state index contributed by atoms with van der Waals surface area (Å²) < 4.78 is 5.93. The van der Waals surface area contributed by atoms with Crippen molar-refractivity contribution < 1.29 is 4.42 Å². The lowest BCUT2D eigenvalue weighted by Crippen LogP contribution is -1.95. The van der Waals surface area contributed by atoms with E-state index in [0.29, 0.717) is 0 Å². The predicted molar refractivity (Wildman–Crippen MR) is 62.8 cm³/mol. The number of hydrogen-bond acceptors (Lipinski definition) is 1. The summed E-state index contributed by atoms with van der Waals surface area (Å²) in [5, 5.41) is 1.30. The molecule has 1 aromatic heterocycles. The Labute approximate surface area is 89.4 Å². The molecule has 15 heavy (non-hydrogen) atoms. The topological polar surface area (TPSA) is 13.1 Å². The lowest BCUT2D eigenvalue weighted by atomic mass is 9.94. The molecule has 0 radical (unpaired) electrons. The Hall–Kier alpha value is -1.50. The highest BCUT2D eigenvalue weighted by Gasteiger charge is 2.18. The summed E-state index contributed by atoms with van der Waals surface area (Å²) in [5.41, 5.74) is 3.81. The molecule has 0 aliphatic heterocycles. The molecule has 0 saturated carbocycles. The van der Waals surface area contributed by atoms with Crippen molar-refractivity contribution in [1.29, 1.82) is 0 Å². The minimum Gasteiger partial charge on any atom is -0.456 e. The van der Waals surface area contributed by atoms with Gasteiger partial charge in [-0.15, -0.1) is 0 Å². The third kappa shape index (κ3) is 1.23. The minimum absolute atomic E-state index is 1.03. The van der Waals surface area contributed by atoms with Gasteiger partial charge in [-0.3, -0.25) is 0 Å². The van der Waals surface area contributed by atoms with Crippen molar-refractivity contribution in [2.75, 3.05) is 0 Å². The van der Waals surface area contributed by atoms with E-state index in [-0.39, 0.29) is 0 Å². The number of aryl methyl sites for hydroxylation is 1. The molecule has 1 heteroatoms. The molecular weight excluding hydrogens is 184 g/mol. The second-order valence-electron chi connectivity index (χ2n) is 4.03. The zero-order valence-electron chi connectivity index (χ0n) is 8.92. The zero-order chi connectivity index (χ0) is 10.3. The van der Waals surface area contributed by atoms with Crippen LogP contribution in [0.2, 0.25) is 0 Å². The molecule has 1 aliphatic carbocycles. The van der Waals surface area contributed by atoms with Gasteiger partial charge in [0, 0.05) is 10.9 Å². The first-order valence-electron chi connectivity index (χ1n) is 5.60. The Morgan fingerprint density at radius 3 is 3.00 bits per heavy atom. The molecule has 76 valence electrons. The Bertz CT molecular complexity index is 531. The maximum Gasteiger partial charge on any atom is 0.135 e. The fraction of sp³-hybridized carbons (Fsp3) is 0.286. The smallest absolute Gasteiger partial charge is 0.135 e. The van der Waals surface area contributed by atoms with Crippen molar-refractivity contribution >= 4 is 16.5 Å². The predicted octanol–water partition coefficient (Wildman–Crippen LogP) is 4.17. The number of benzene rings is 1. The maximum atomic E-state index is 5.93. The molecular formula is C14H14O. The highest BCUT2D eigenvalue weighted by molar-refractivity contribution is 5.87. The Kier molecular flexibility index (Phi) is 1.91. The molecule has 3 rings (SSSR count). The lowest BCUT2D eigenvalue weighted by Gasteiger charge is -2.10. The van der Waals surface area contributed by atoms with Crippen molar-refractivity contribution in [3.63, 3.8) is 0 Å². The summed E-state index contributed by atoms with van der Waals surface area (Å²) in [6.45, 7) is 2.19. The summed E-state index contributed by atoms with van der Waals surface area (Å²) in [5.74, 6) is 1.13. The van der Waals surface area contributed by atoms with Gasteiger partial charge in [-0.1, -0.05) is 31.2 Å². The molecule has 0 bridgehead atoms. The summed E-state index contributed by atoms with van der Waals surface area (Å²) in [6.07, 6.45) is 5.65. The molecule has 1 heterocycles. The maximum absolute atomic E-state index is 5.93.